The lowest BCUT2D eigenvalue weighted by molar-refractivity contribution is -0.146. The highest BCUT2D eigenvalue weighted by Crippen LogP contribution is 2.34. The highest BCUT2D eigenvalue weighted by atomic mass is 19.1. The Morgan fingerprint density at radius 2 is 2.17 bits per heavy atom. The van der Waals surface area contributed by atoms with E-state index in [1.807, 2.05) is 0 Å². The fraction of sp³-hybridized carbons (Fsp3) is 0.529. The number of aliphatic hydroxyl groups excluding tert-OH is 1. The highest BCUT2D eigenvalue weighted by Gasteiger charge is 2.42. The van der Waals surface area contributed by atoms with Crippen LogP contribution < -0.4 is 5.32 Å². The summed E-state index contributed by atoms with van der Waals surface area (Å²) >= 11 is 0. The third-order valence-corrected chi connectivity index (χ3v) is 4.54. The molecule has 1 aliphatic rings. The van der Waals surface area contributed by atoms with Crippen molar-refractivity contribution in [3.63, 3.8) is 0 Å². The van der Waals surface area contributed by atoms with Crippen LogP contribution in [0, 0.1) is 11.7 Å². The third-order valence-electron chi connectivity index (χ3n) is 4.54. The Kier molecular flexibility index (Phi) is 5.36. The molecule has 1 saturated carbocycles. The van der Waals surface area contributed by atoms with Crippen LogP contribution in [0.4, 0.5) is 4.39 Å². The molecule has 23 heavy (non-hydrogen) atoms. The minimum atomic E-state index is -1.12. The summed E-state index contributed by atoms with van der Waals surface area (Å²) in [4.78, 5) is 23.6. The number of hydrogen-bond donors (Lipinski definition) is 3. The number of carbonyl (C=O) groups excluding carboxylic acids is 1. The zero-order chi connectivity index (χ0) is 17.0. The largest absolute Gasteiger partial charge is 0.481 e. The quantitative estimate of drug-likeness (QED) is 0.776. The van der Waals surface area contributed by atoms with E-state index in [-0.39, 0.29) is 6.42 Å². The molecule has 126 valence electrons. The second kappa shape index (κ2) is 7.08. The fourth-order valence-corrected chi connectivity index (χ4v) is 3.26. The third kappa shape index (κ3) is 4.28. The first-order valence-electron chi connectivity index (χ1n) is 7.79. The average Bonchev–Trinajstić information content (AvgIpc) is 2.46. The van der Waals surface area contributed by atoms with E-state index in [9.17, 15) is 24.2 Å². The predicted molar refractivity (Wildman–Crippen MR) is 82.1 cm³/mol. The number of rotatable bonds is 5. The van der Waals surface area contributed by atoms with Crippen LogP contribution in [0.5, 0.6) is 0 Å². The Hall–Kier alpha value is -1.95. The van der Waals surface area contributed by atoms with Gasteiger partial charge in [-0.05, 0) is 37.5 Å². The van der Waals surface area contributed by atoms with Gasteiger partial charge in [0, 0.05) is 0 Å². The summed E-state index contributed by atoms with van der Waals surface area (Å²) < 4.78 is 13.2. The number of carboxylic acid groups (broad SMARTS) is 1. The molecule has 0 aromatic heterocycles. The summed E-state index contributed by atoms with van der Waals surface area (Å²) in [6.45, 7) is 1.73. The maximum atomic E-state index is 13.2. The predicted octanol–water partition coefficient (Wildman–Crippen LogP) is 2.40. The molecule has 3 atom stereocenters. The maximum Gasteiger partial charge on any atom is 0.308 e. The standard InChI is InChI=1S/C17H22FNO4/c1-17(8-3-2-7-13(17)16(22)23)19-15(21)10-14(20)11-5-4-6-12(18)9-11/h4-6,9,13-14,20H,2-3,7-8,10H2,1H3,(H,19,21)(H,22,23). The Labute approximate surface area is 134 Å². The van der Waals surface area contributed by atoms with Gasteiger partial charge >= 0.3 is 5.97 Å². The van der Waals surface area contributed by atoms with Crippen molar-refractivity contribution in [3.8, 4) is 0 Å². The number of aliphatic hydroxyl groups is 1. The number of halogens is 1. The van der Waals surface area contributed by atoms with Crippen molar-refractivity contribution in [2.45, 2.75) is 50.7 Å². The van der Waals surface area contributed by atoms with Crippen LogP contribution in [0.1, 0.15) is 50.7 Å². The van der Waals surface area contributed by atoms with Crippen molar-refractivity contribution in [2.75, 3.05) is 0 Å². The van der Waals surface area contributed by atoms with Crippen LogP contribution >= 0.6 is 0 Å². The number of carbonyl (C=O) groups is 2. The molecule has 1 amide bonds. The van der Waals surface area contributed by atoms with Gasteiger partial charge in [-0.2, -0.15) is 0 Å². The lowest BCUT2D eigenvalue weighted by Gasteiger charge is -2.40. The van der Waals surface area contributed by atoms with Gasteiger partial charge < -0.3 is 15.5 Å². The van der Waals surface area contributed by atoms with Crippen LogP contribution in [0.2, 0.25) is 0 Å². The molecule has 1 fully saturated rings. The monoisotopic (exact) mass is 323 g/mol. The van der Waals surface area contributed by atoms with Gasteiger partial charge in [-0.3, -0.25) is 9.59 Å². The molecule has 0 radical (unpaired) electrons. The highest BCUT2D eigenvalue weighted by molar-refractivity contribution is 5.79. The molecule has 1 aliphatic carbocycles. The van der Waals surface area contributed by atoms with Gasteiger partial charge in [-0.15, -0.1) is 0 Å². The zero-order valence-corrected chi connectivity index (χ0v) is 13.1. The second-order valence-corrected chi connectivity index (χ2v) is 6.38. The van der Waals surface area contributed by atoms with Crippen LogP contribution in [-0.2, 0) is 9.59 Å². The van der Waals surface area contributed by atoms with Gasteiger partial charge in [0.05, 0.1) is 24.0 Å². The van der Waals surface area contributed by atoms with Crippen molar-refractivity contribution < 1.29 is 24.2 Å². The summed E-state index contributed by atoms with van der Waals surface area (Å²) in [5.74, 6) is -2.46. The number of amides is 1. The van der Waals surface area contributed by atoms with Gasteiger partial charge in [0.1, 0.15) is 5.82 Å². The first-order valence-corrected chi connectivity index (χ1v) is 7.79. The van der Waals surface area contributed by atoms with E-state index < -0.39 is 35.3 Å². The molecule has 2 rings (SSSR count). The minimum absolute atomic E-state index is 0.231. The van der Waals surface area contributed by atoms with E-state index in [2.05, 4.69) is 5.32 Å². The number of aliphatic carboxylic acids is 1. The van der Waals surface area contributed by atoms with Crippen molar-refractivity contribution >= 4 is 11.9 Å². The van der Waals surface area contributed by atoms with Gasteiger partial charge in [-0.1, -0.05) is 25.0 Å². The molecular formula is C17H22FNO4. The van der Waals surface area contributed by atoms with Crippen LogP contribution in [0.15, 0.2) is 24.3 Å². The lowest BCUT2D eigenvalue weighted by atomic mass is 9.74. The number of nitrogens with one attached hydrogen (secondary N) is 1. The SMILES string of the molecule is CC1(NC(=O)CC(O)c2cccc(F)c2)CCCCC1C(=O)O. The average molecular weight is 323 g/mol. The Bertz CT molecular complexity index is 592. The van der Waals surface area contributed by atoms with Crippen molar-refractivity contribution in [1.82, 2.24) is 5.32 Å². The Morgan fingerprint density at radius 3 is 2.83 bits per heavy atom. The number of benzene rings is 1. The smallest absolute Gasteiger partial charge is 0.308 e. The van der Waals surface area contributed by atoms with Gasteiger partial charge in [0.2, 0.25) is 5.91 Å². The Morgan fingerprint density at radius 1 is 1.43 bits per heavy atom. The zero-order valence-electron chi connectivity index (χ0n) is 13.1. The molecule has 0 aliphatic heterocycles. The molecule has 0 bridgehead atoms. The van der Waals surface area contributed by atoms with E-state index in [0.717, 1.165) is 12.8 Å². The first-order chi connectivity index (χ1) is 10.8. The van der Waals surface area contributed by atoms with E-state index in [4.69, 9.17) is 0 Å². The number of carboxylic acids is 1. The summed E-state index contributed by atoms with van der Waals surface area (Å²) in [6.07, 6.45) is 1.44. The number of hydrogen-bond acceptors (Lipinski definition) is 3. The molecule has 0 spiro atoms. The van der Waals surface area contributed by atoms with E-state index in [0.29, 0.717) is 18.4 Å². The summed E-state index contributed by atoms with van der Waals surface area (Å²) in [7, 11) is 0. The van der Waals surface area contributed by atoms with Crippen molar-refractivity contribution in [2.24, 2.45) is 5.92 Å². The van der Waals surface area contributed by atoms with Gasteiger partial charge in [0.15, 0.2) is 0 Å². The van der Waals surface area contributed by atoms with Gasteiger partial charge in [-0.25, -0.2) is 4.39 Å². The van der Waals surface area contributed by atoms with E-state index >= 15 is 0 Å². The summed E-state index contributed by atoms with van der Waals surface area (Å²) in [6, 6.07) is 5.45. The van der Waals surface area contributed by atoms with Crippen molar-refractivity contribution in [3.05, 3.63) is 35.6 Å². The molecule has 3 N–H and O–H groups in total. The molecule has 6 heteroatoms. The van der Waals surface area contributed by atoms with Crippen LogP contribution in [-0.4, -0.2) is 27.6 Å². The second-order valence-electron chi connectivity index (χ2n) is 6.38. The topological polar surface area (TPSA) is 86.6 Å². The molecule has 0 heterocycles. The van der Waals surface area contributed by atoms with Crippen molar-refractivity contribution in [1.29, 1.82) is 0 Å². The molecule has 1 aromatic rings. The Balaban J connectivity index is 2.01. The first kappa shape index (κ1) is 17.4. The summed E-state index contributed by atoms with van der Waals surface area (Å²) in [5, 5.41) is 22.2. The van der Waals surface area contributed by atoms with Gasteiger partial charge in [0.25, 0.3) is 0 Å². The maximum absolute atomic E-state index is 13.2. The minimum Gasteiger partial charge on any atom is -0.481 e. The van der Waals surface area contributed by atoms with Crippen LogP contribution in [0.25, 0.3) is 0 Å². The molecule has 3 unspecified atom stereocenters. The normalized spacial score (nSPS) is 25.6. The van der Waals surface area contributed by atoms with E-state index in [1.54, 1.807) is 13.0 Å². The summed E-state index contributed by atoms with van der Waals surface area (Å²) in [5.41, 5.74) is -0.494. The molecule has 1 aromatic carbocycles. The molecule has 5 nitrogen and oxygen atoms in total. The van der Waals surface area contributed by atoms with E-state index in [1.165, 1.54) is 18.2 Å². The van der Waals surface area contributed by atoms with Crippen LogP contribution in [0.3, 0.4) is 0 Å². The molecule has 0 saturated heterocycles. The lowest BCUT2D eigenvalue weighted by Crippen LogP contribution is -2.55. The molecular weight excluding hydrogens is 301 g/mol. The fourth-order valence-electron chi connectivity index (χ4n) is 3.26.